The van der Waals surface area contributed by atoms with Crippen LogP contribution in [0.2, 0.25) is 10.0 Å². The van der Waals surface area contributed by atoms with Crippen molar-refractivity contribution >= 4 is 35.6 Å². The quantitative estimate of drug-likeness (QED) is 0.343. The molecule has 184 valence electrons. The number of amides is 1. The van der Waals surface area contributed by atoms with E-state index < -0.39 is 18.1 Å². The van der Waals surface area contributed by atoms with Gasteiger partial charge in [-0.05, 0) is 60.1 Å². The predicted molar refractivity (Wildman–Crippen MR) is 134 cm³/mol. The minimum atomic E-state index is -0.982. The number of rotatable bonds is 7. The average molecular weight is 508 g/mol. The molecule has 34 heavy (non-hydrogen) atoms. The van der Waals surface area contributed by atoms with E-state index in [0.717, 1.165) is 17.4 Å². The van der Waals surface area contributed by atoms with E-state index in [1.165, 1.54) is 4.90 Å². The summed E-state index contributed by atoms with van der Waals surface area (Å²) < 4.78 is 11.5. The SMILES string of the molecule is Cc1cc(Cl)c(OCCOc2ccc([C@H]3CCN(C(=O)O)C(C(C)(C)C)[C@@H]3C=O)cc2)c(Cl)c1. The first kappa shape index (κ1) is 26.2. The fourth-order valence-corrected chi connectivity index (χ4v) is 5.50. The summed E-state index contributed by atoms with van der Waals surface area (Å²) in [4.78, 5) is 25.3. The molecule has 1 aliphatic rings. The van der Waals surface area contributed by atoms with Crippen molar-refractivity contribution < 1.29 is 24.2 Å². The molecule has 3 rings (SSSR count). The van der Waals surface area contributed by atoms with E-state index in [0.29, 0.717) is 41.1 Å². The lowest BCUT2D eigenvalue weighted by atomic mass is 9.68. The Kier molecular flexibility index (Phi) is 8.37. The van der Waals surface area contributed by atoms with Crippen molar-refractivity contribution in [1.29, 1.82) is 0 Å². The second-order valence-electron chi connectivity index (χ2n) is 9.72. The van der Waals surface area contributed by atoms with Gasteiger partial charge in [-0.15, -0.1) is 0 Å². The lowest BCUT2D eigenvalue weighted by Gasteiger charge is -2.48. The zero-order chi connectivity index (χ0) is 25.0. The van der Waals surface area contributed by atoms with Crippen molar-refractivity contribution in [3.05, 3.63) is 57.6 Å². The predicted octanol–water partition coefficient (Wildman–Crippen LogP) is 6.46. The van der Waals surface area contributed by atoms with Crippen molar-refractivity contribution in [2.45, 2.75) is 46.1 Å². The van der Waals surface area contributed by atoms with Crippen LogP contribution in [0.5, 0.6) is 11.5 Å². The zero-order valence-corrected chi connectivity index (χ0v) is 21.4. The number of piperidine rings is 1. The number of hydrogen-bond acceptors (Lipinski definition) is 4. The summed E-state index contributed by atoms with van der Waals surface area (Å²) in [6.07, 6.45) is 0.525. The van der Waals surface area contributed by atoms with Gasteiger partial charge in [0.25, 0.3) is 0 Å². The van der Waals surface area contributed by atoms with E-state index in [4.69, 9.17) is 32.7 Å². The number of benzene rings is 2. The van der Waals surface area contributed by atoms with Crippen LogP contribution in [0.3, 0.4) is 0 Å². The van der Waals surface area contributed by atoms with E-state index in [2.05, 4.69) is 0 Å². The Morgan fingerprint density at radius 3 is 2.24 bits per heavy atom. The standard InChI is InChI=1S/C26H31Cl2NO5/c1-16-13-21(27)23(22(28)14-16)34-12-11-33-18-7-5-17(6-8-18)19-9-10-29(25(31)32)24(20(19)15-30)26(2,3)4/h5-8,13-15,19-20,24H,9-12H2,1-4H3,(H,31,32)/t19-,20-,24?/m1/s1. The summed E-state index contributed by atoms with van der Waals surface area (Å²) in [5.41, 5.74) is 1.59. The van der Waals surface area contributed by atoms with Crippen LogP contribution in [0.15, 0.2) is 36.4 Å². The highest BCUT2D eigenvalue weighted by molar-refractivity contribution is 6.37. The number of ether oxygens (including phenoxy) is 2. The van der Waals surface area contributed by atoms with Crippen LogP contribution in [-0.4, -0.2) is 48.2 Å². The maximum atomic E-state index is 12.1. The first-order chi connectivity index (χ1) is 16.0. The first-order valence-electron chi connectivity index (χ1n) is 11.3. The van der Waals surface area contributed by atoms with Gasteiger partial charge in [0.15, 0.2) is 5.75 Å². The number of halogens is 2. The molecule has 1 saturated heterocycles. The van der Waals surface area contributed by atoms with E-state index >= 15 is 0 Å². The number of aryl methyl sites for hydroxylation is 1. The van der Waals surface area contributed by atoms with Gasteiger partial charge in [-0.2, -0.15) is 0 Å². The third-order valence-electron chi connectivity index (χ3n) is 6.19. The maximum Gasteiger partial charge on any atom is 0.407 e. The number of carboxylic acid groups (broad SMARTS) is 1. The van der Waals surface area contributed by atoms with Crippen molar-refractivity contribution in [3.63, 3.8) is 0 Å². The van der Waals surface area contributed by atoms with Gasteiger partial charge in [-0.1, -0.05) is 56.1 Å². The molecule has 6 nitrogen and oxygen atoms in total. The number of aldehydes is 1. The van der Waals surface area contributed by atoms with E-state index in [9.17, 15) is 14.7 Å². The smallest absolute Gasteiger partial charge is 0.407 e. The molecule has 2 aromatic rings. The largest absolute Gasteiger partial charge is 0.490 e. The van der Waals surface area contributed by atoms with Crippen molar-refractivity contribution in [2.75, 3.05) is 19.8 Å². The van der Waals surface area contributed by atoms with Crippen LogP contribution < -0.4 is 9.47 Å². The third-order valence-corrected chi connectivity index (χ3v) is 6.75. The summed E-state index contributed by atoms with van der Waals surface area (Å²) in [5, 5.41) is 10.6. The average Bonchev–Trinajstić information content (AvgIpc) is 2.76. The second kappa shape index (κ2) is 10.9. The molecule has 1 amide bonds. The molecule has 1 N–H and O–H groups in total. The van der Waals surface area contributed by atoms with Crippen LogP contribution in [-0.2, 0) is 4.79 Å². The molecule has 0 radical (unpaired) electrons. The summed E-state index contributed by atoms with van der Waals surface area (Å²) in [5.74, 6) is 0.634. The lowest BCUT2D eigenvalue weighted by Crippen LogP contribution is -2.56. The van der Waals surface area contributed by atoms with Crippen LogP contribution in [0, 0.1) is 18.3 Å². The summed E-state index contributed by atoms with van der Waals surface area (Å²) in [6, 6.07) is 10.8. The first-order valence-corrected chi connectivity index (χ1v) is 12.0. The van der Waals surface area contributed by atoms with Gasteiger partial charge in [0.2, 0.25) is 0 Å². The Morgan fingerprint density at radius 2 is 1.71 bits per heavy atom. The summed E-state index contributed by atoms with van der Waals surface area (Å²) in [7, 11) is 0. The molecule has 2 aromatic carbocycles. The fourth-order valence-electron chi connectivity index (χ4n) is 4.79. The highest BCUT2D eigenvalue weighted by Gasteiger charge is 2.46. The van der Waals surface area contributed by atoms with Gasteiger partial charge >= 0.3 is 6.09 Å². The zero-order valence-electron chi connectivity index (χ0n) is 19.9. The van der Waals surface area contributed by atoms with Crippen molar-refractivity contribution in [1.82, 2.24) is 4.90 Å². The van der Waals surface area contributed by atoms with Gasteiger partial charge in [-0.3, -0.25) is 0 Å². The Labute approximate surface area is 210 Å². The van der Waals surface area contributed by atoms with Gasteiger partial charge in [0.05, 0.1) is 10.0 Å². The van der Waals surface area contributed by atoms with Crippen molar-refractivity contribution in [3.8, 4) is 11.5 Å². The van der Waals surface area contributed by atoms with Crippen LogP contribution in [0.1, 0.15) is 44.2 Å². The maximum absolute atomic E-state index is 12.1. The Hall–Kier alpha value is -2.44. The minimum Gasteiger partial charge on any atom is -0.490 e. The van der Waals surface area contributed by atoms with Gasteiger partial charge in [0.1, 0.15) is 25.2 Å². The topological polar surface area (TPSA) is 76.1 Å². The molecule has 1 aliphatic heterocycles. The fraction of sp³-hybridized carbons (Fsp3) is 0.462. The summed E-state index contributed by atoms with van der Waals surface area (Å²) in [6.45, 7) is 8.81. The van der Waals surface area contributed by atoms with Crippen LogP contribution >= 0.6 is 23.2 Å². The number of carbonyl (C=O) groups is 2. The third kappa shape index (κ3) is 5.97. The van der Waals surface area contributed by atoms with Crippen LogP contribution in [0.25, 0.3) is 0 Å². The molecule has 0 bridgehead atoms. The Bertz CT molecular complexity index is 996. The summed E-state index contributed by atoms with van der Waals surface area (Å²) >= 11 is 12.4. The molecule has 0 saturated carbocycles. The van der Waals surface area contributed by atoms with Gasteiger partial charge < -0.3 is 24.3 Å². The van der Waals surface area contributed by atoms with E-state index in [1.54, 1.807) is 12.1 Å². The highest BCUT2D eigenvalue weighted by atomic mass is 35.5. The van der Waals surface area contributed by atoms with E-state index in [-0.39, 0.29) is 17.9 Å². The number of carbonyl (C=O) groups excluding carboxylic acids is 1. The molecular formula is C26H31Cl2NO5. The monoisotopic (exact) mass is 507 g/mol. The molecule has 1 unspecified atom stereocenters. The molecule has 8 heteroatoms. The Morgan fingerprint density at radius 1 is 1.12 bits per heavy atom. The van der Waals surface area contributed by atoms with Crippen molar-refractivity contribution in [2.24, 2.45) is 11.3 Å². The minimum absolute atomic E-state index is 0.0551. The number of nitrogens with zero attached hydrogens (tertiary/aromatic N) is 1. The number of likely N-dealkylation sites (tertiary alicyclic amines) is 1. The molecular weight excluding hydrogens is 477 g/mol. The van der Waals surface area contributed by atoms with E-state index in [1.807, 2.05) is 52.0 Å². The molecule has 1 heterocycles. The van der Waals surface area contributed by atoms with Gasteiger partial charge in [0, 0.05) is 18.5 Å². The number of hydrogen-bond donors (Lipinski definition) is 1. The molecule has 1 fully saturated rings. The Balaban J connectivity index is 1.63. The lowest BCUT2D eigenvalue weighted by molar-refractivity contribution is -0.117. The second-order valence-corrected chi connectivity index (χ2v) is 10.5. The van der Waals surface area contributed by atoms with Crippen LogP contribution in [0.4, 0.5) is 4.79 Å². The highest BCUT2D eigenvalue weighted by Crippen LogP contribution is 2.43. The van der Waals surface area contributed by atoms with Gasteiger partial charge in [-0.25, -0.2) is 4.79 Å². The molecule has 0 spiro atoms. The molecule has 0 aromatic heterocycles. The normalized spacial score (nSPS) is 20.6. The molecule has 0 aliphatic carbocycles. The molecule has 3 atom stereocenters.